The van der Waals surface area contributed by atoms with Crippen molar-refractivity contribution in [2.75, 3.05) is 24.5 Å². The van der Waals surface area contributed by atoms with Crippen LogP contribution in [0.15, 0.2) is 22.7 Å². The maximum absolute atomic E-state index is 11.0. The lowest BCUT2D eigenvalue weighted by molar-refractivity contribution is -0.119. The highest BCUT2D eigenvalue weighted by Crippen LogP contribution is 2.28. The number of rotatable bonds is 3. The molecule has 0 aromatic heterocycles. The summed E-state index contributed by atoms with van der Waals surface area (Å²) in [6.07, 6.45) is 2.21. The molecule has 106 valence electrons. The number of carbonyl (C=O) groups is 1. The molecule has 0 spiro atoms. The highest BCUT2D eigenvalue weighted by Gasteiger charge is 2.22. The molecule has 1 atom stereocenters. The smallest absolute Gasteiger partial charge is 0.216 e. The van der Waals surface area contributed by atoms with Crippen LogP contribution in [-0.2, 0) is 4.79 Å². The van der Waals surface area contributed by atoms with Gasteiger partial charge in [-0.05, 0) is 37.0 Å². The largest absolute Gasteiger partial charge is 0.370 e. The van der Waals surface area contributed by atoms with E-state index in [1.54, 1.807) is 6.92 Å². The monoisotopic (exact) mass is 335 g/mol. The van der Waals surface area contributed by atoms with Crippen molar-refractivity contribution in [2.45, 2.75) is 19.8 Å². The Balaban J connectivity index is 2.09. The van der Waals surface area contributed by atoms with Crippen molar-refractivity contribution in [3.63, 3.8) is 0 Å². The summed E-state index contributed by atoms with van der Waals surface area (Å²) in [5.74, 6) is 0.464. The first-order valence-electron chi connectivity index (χ1n) is 6.79. The van der Waals surface area contributed by atoms with Crippen LogP contribution < -0.4 is 10.2 Å². The molecule has 1 heterocycles. The number of nitrogens with one attached hydrogen (secondary N) is 1. The maximum Gasteiger partial charge on any atom is 0.216 e. The lowest BCUT2D eigenvalue weighted by Gasteiger charge is -2.35. The van der Waals surface area contributed by atoms with Crippen molar-refractivity contribution in [1.82, 2.24) is 5.32 Å². The Bertz CT molecular complexity index is 538. The number of halogens is 1. The zero-order valence-corrected chi connectivity index (χ0v) is 13.1. The molecule has 1 aromatic rings. The van der Waals surface area contributed by atoms with Gasteiger partial charge in [-0.2, -0.15) is 5.26 Å². The minimum absolute atomic E-state index is 0.0171. The molecule has 1 amide bonds. The zero-order valence-electron chi connectivity index (χ0n) is 11.5. The van der Waals surface area contributed by atoms with Crippen LogP contribution in [0.2, 0.25) is 0 Å². The van der Waals surface area contributed by atoms with Crippen molar-refractivity contribution in [2.24, 2.45) is 5.92 Å². The average molecular weight is 336 g/mol. The van der Waals surface area contributed by atoms with Gasteiger partial charge in [-0.25, -0.2) is 0 Å². The Labute approximate surface area is 127 Å². The van der Waals surface area contributed by atoms with Crippen LogP contribution in [0.25, 0.3) is 0 Å². The van der Waals surface area contributed by atoms with E-state index in [1.807, 2.05) is 18.2 Å². The minimum atomic E-state index is 0.0171. The van der Waals surface area contributed by atoms with Gasteiger partial charge in [-0.1, -0.05) is 15.9 Å². The van der Waals surface area contributed by atoms with Crippen molar-refractivity contribution >= 4 is 27.5 Å². The third-order valence-electron chi connectivity index (χ3n) is 3.58. The summed E-state index contributed by atoms with van der Waals surface area (Å²) in [6.45, 7) is 4.11. The van der Waals surface area contributed by atoms with E-state index in [1.165, 1.54) is 0 Å². The Morgan fingerprint density at radius 1 is 1.60 bits per heavy atom. The number of hydrogen-bond donors (Lipinski definition) is 1. The summed E-state index contributed by atoms with van der Waals surface area (Å²) < 4.78 is 0.921. The topological polar surface area (TPSA) is 56.1 Å². The molecular weight excluding hydrogens is 318 g/mol. The Hall–Kier alpha value is -1.54. The number of amides is 1. The number of benzene rings is 1. The van der Waals surface area contributed by atoms with E-state index in [-0.39, 0.29) is 5.91 Å². The summed E-state index contributed by atoms with van der Waals surface area (Å²) >= 11 is 3.40. The normalized spacial score (nSPS) is 18.4. The summed E-state index contributed by atoms with van der Waals surface area (Å²) in [7, 11) is 0. The van der Waals surface area contributed by atoms with Crippen LogP contribution in [0.5, 0.6) is 0 Å². The molecule has 2 rings (SSSR count). The van der Waals surface area contributed by atoms with Crippen molar-refractivity contribution in [3.05, 3.63) is 28.2 Å². The molecule has 20 heavy (non-hydrogen) atoms. The van der Waals surface area contributed by atoms with Crippen molar-refractivity contribution in [3.8, 4) is 6.07 Å². The van der Waals surface area contributed by atoms with E-state index in [2.05, 4.69) is 32.2 Å². The fourth-order valence-electron chi connectivity index (χ4n) is 2.61. The first-order valence-corrected chi connectivity index (χ1v) is 7.58. The minimum Gasteiger partial charge on any atom is -0.370 e. The number of piperidine rings is 1. The molecule has 0 radical (unpaired) electrons. The van der Waals surface area contributed by atoms with Crippen molar-refractivity contribution in [1.29, 1.82) is 5.26 Å². The summed E-state index contributed by atoms with van der Waals surface area (Å²) in [4.78, 5) is 13.3. The molecule has 0 aliphatic carbocycles. The van der Waals surface area contributed by atoms with Gasteiger partial charge >= 0.3 is 0 Å². The molecule has 5 heteroatoms. The molecule has 1 fully saturated rings. The van der Waals surface area contributed by atoms with Gasteiger partial charge in [0.2, 0.25) is 5.91 Å². The molecule has 1 N–H and O–H groups in total. The Morgan fingerprint density at radius 2 is 2.40 bits per heavy atom. The number of anilines is 1. The van der Waals surface area contributed by atoms with E-state index < -0.39 is 0 Å². The van der Waals surface area contributed by atoms with Crippen LogP contribution in [0.3, 0.4) is 0 Å². The molecule has 0 unspecified atom stereocenters. The molecule has 1 saturated heterocycles. The summed E-state index contributed by atoms with van der Waals surface area (Å²) in [6, 6.07) is 8.07. The van der Waals surface area contributed by atoms with E-state index in [9.17, 15) is 10.1 Å². The van der Waals surface area contributed by atoms with E-state index in [0.29, 0.717) is 18.0 Å². The number of carbonyl (C=O) groups excluding carboxylic acids is 1. The molecule has 0 bridgehead atoms. The molecular formula is C15H18BrN3O. The van der Waals surface area contributed by atoms with Crippen LogP contribution in [0.1, 0.15) is 25.3 Å². The van der Waals surface area contributed by atoms with E-state index in [0.717, 1.165) is 36.1 Å². The molecule has 0 saturated carbocycles. The number of hydrogen-bond acceptors (Lipinski definition) is 3. The first kappa shape index (κ1) is 14.9. The average Bonchev–Trinajstić information content (AvgIpc) is 2.45. The summed E-state index contributed by atoms with van der Waals surface area (Å²) in [5.41, 5.74) is 1.68. The van der Waals surface area contributed by atoms with E-state index in [4.69, 9.17) is 0 Å². The van der Waals surface area contributed by atoms with Crippen molar-refractivity contribution < 1.29 is 4.79 Å². The zero-order chi connectivity index (χ0) is 14.5. The third kappa shape index (κ3) is 3.73. The second kappa shape index (κ2) is 6.76. The second-order valence-electron chi connectivity index (χ2n) is 5.16. The van der Waals surface area contributed by atoms with Gasteiger partial charge in [0.15, 0.2) is 0 Å². The van der Waals surface area contributed by atoms with Gasteiger partial charge in [0, 0.05) is 31.0 Å². The quantitative estimate of drug-likeness (QED) is 0.923. The van der Waals surface area contributed by atoms with Crippen LogP contribution in [-0.4, -0.2) is 25.5 Å². The molecule has 1 aliphatic heterocycles. The highest BCUT2D eigenvalue weighted by atomic mass is 79.9. The predicted molar refractivity (Wildman–Crippen MR) is 82.5 cm³/mol. The SMILES string of the molecule is CC(=O)NC[C@H]1CCCN(c2ccc(Br)cc2C#N)C1. The number of nitrogens with zero attached hydrogens (tertiary/aromatic N) is 2. The van der Waals surface area contributed by atoms with Crippen LogP contribution in [0.4, 0.5) is 5.69 Å². The Kier molecular flexibility index (Phi) is 5.02. The fourth-order valence-corrected chi connectivity index (χ4v) is 2.97. The lowest BCUT2D eigenvalue weighted by atomic mass is 9.97. The molecule has 1 aliphatic rings. The highest BCUT2D eigenvalue weighted by molar-refractivity contribution is 9.10. The fraction of sp³-hybridized carbons (Fsp3) is 0.467. The van der Waals surface area contributed by atoms with Gasteiger partial charge < -0.3 is 10.2 Å². The lowest BCUT2D eigenvalue weighted by Crippen LogP contribution is -2.40. The second-order valence-corrected chi connectivity index (χ2v) is 6.08. The van der Waals surface area contributed by atoms with Gasteiger partial charge in [0.25, 0.3) is 0 Å². The van der Waals surface area contributed by atoms with Gasteiger partial charge in [-0.15, -0.1) is 0 Å². The third-order valence-corrected chi connectivity index (χ3v) is 4.07. The summed E-state index contributed by atoms with van der Waals surface area (Å²) in [5, 5.41) is 12.1. The predicted octanol–water partition coefficient (Wildman–Crippen LogP) is 2.67. The van der Waals surface area contributed by atoms with Gasteiger partial charge in [0.1, 0.15) is 6.07 Å². The van der Waals surface area contributed by atoms with Crippen LogP contribution in [0, 0.1) is 17.2 Å². The van der Waals surface area contributed by atoms with Gasteiger partial charge in [-0.3, -0.25) is 4.79 Å². The molecule has 4 nitrogen and oxygen atoms in total. The Morgan fingerprint density at radius 3 is 3.10 bits per heavy atom. The first-order chi connectivity index (χ1) is 9.60. The molecule has 1 aromatic carbocycles. The number of nitriles is 1. The van der Waals surface area contributed by atoms with Crippen LogP contribution >= 0.6 is 15.9 Å². The maximum atomic E-state index is 11.0. The standard InChI is InChI=1S/C15H18BrN3O/c1-11(20)18-9-12-3-2-6-19(10-12)15-5-4-14(16)7-13(15)8-17/h4-5,7,12H,2-3,6,9-10H2,1H3,(H,18,20)/t12-/m1/s1. The van der Waals surface area contributed by atoms with Gasteiger partial charge in [0.05, 0.1) is 11.3 Å². The van der Waals surface area contributed by atoms with E-state index >= 15 is 0 Å².